The van der Waals surface area contributed by atoms with E-state index in [1.165, 1.54) is 0 Å². The second-order valence-corrected chi connectivity index (χ2v) is 4.35. The molecule has 1 aliphatic rings. The molecule has 1 fully saturated rings. The predicted molar refractivity (Wildman–Crippen MR) is 50.2 cm³/mol. The van der Waals surface area contributed by atoms with Crippen molar-refractivity contribution in [3.63, 3.8) is 0 Å². The fraction of sp³-hybridized carbons (Fsp3) is 0.875. The fourth-order valence-electron chi connectivity index (χ4n) is 1.39. The van der Waals surface area contributed by atoms with Gasteiger partial charge in [0.2, 0.25) is 5.91 Å². The lowest BCUT2D eigenvalue weighted by Crippen LogP contribution is -2.44. The number of aliphatic hydroxyl groups excluding tert-OH is 1. The summed E-state index contributed by atoms with van der Waals surface area (Å²) < 4.78 is 0. The highest BCUT2D eigenvalue weighted by Crippen LogP contribution is 2.18. The van der Waals surface area contributed by atoms with E-state index in [2.05, 4.69) is 15.9 Å². The van der Waals surface area contributed by atoms with Crippen molar-refractivity contribution in [2.45, 2.75) is 30.7 Å². The van der Waals surface area contributed by atoms with Crippen LogP contribution in [-0.2, 0) is 4.79 Å². The second kappa shape index (κ2) is 4.23. The molecule has 2 unspecified atom stereocenters. The van der Waals surface area contributed by atoms with Crippen LogP contribution in [0.5, 0.6) is 0 Å². The van der Waals surface area contributed by atoms with Crippen molar-refractivity contribution in [3.05, 3.63) is 0 Å². The minimum atomic E-state index is -0.424. The maximum Gasteiger partial charge on any atom is 0.236 e. The molecular formula is C8H14BrNO2. The van der Waals surface area contributed by atoms with E-state index in [-0.39, 0.29) is 10.7 Å². The van der Waals surface area contributed by atoms with E-state index in [4.69, 9.17) is 5.11 Å². The third-order valence-corrected chi connectivity index (χ3v) is 2.80. The van der Waals surface area contributed by atoms with Gasteiger partial charge in [-0.05, 0) is 19.8 Å². The summed E-state index contributed by atoms with van der Waals surface area (Å²) in [5, 5.41) is 9.10. The molecule has 1 saturated heterocycles. The van der Waals surface area contributed by atoms with Crippen LogP contribution in [0.4, 0.5) is 0 Å². The molecular weight excluding hydrogens is 222 g/mol. The van der Waals surface area contributed by atoms with Crippen LogP contribution < -0.4 is 0 Å². The third kappa shape index (κ3) is 2.45. The Labute approximate surface area is 80.9 Å². The molecule has 70 valence electrons. The summed E-state index contributed by atoms with van der Waals surface area (Å²) in [7, 11) is 0. The van der Waals surface area contributed by atoms with E-state index in [0.717, 1.165) is 19.4 Å². The number of carbonyl (C=O) groups is 1. The van der Waals surface area contributed by atoms with Gasteiger partial charge in [0.1, 0.15) is 0 Å². The van der Waals surface area contributed by atoms with Gasteiger partial charge < -0.3 is 10.0 Å². The molecule has 4 heteroatoms. The number of β-amino-alcohol motifs (C(OH)–C–C–N with tert-alkyl or cyclic N) is 1. The molecule has 0 radical (unpaired) electrons. The number of carbonyl (C=O) groups excluding carboxylic acids is 1. The van der Waals surface area contributed by atoms with Gasteiger partial charge in [-0.3, -0.25) is 4.79 Å². The number of rotatable bonds is 2. The molecule has 12 heavy (non-hydrogen) atoms. The van der Waals surface area contributed by atoms with Crippen LogP contribution in [0.2, 0.25) is 0 Å². The Morgan fingerprint density at radius 1 is 1.83 bits per heavy atom. The molecule has 1 rings (SSSR count). The topological polar surface area (TPSA) is 40.5 Å². The average Bonchev–Trinajstić information content (AvgIpc) is 1.98. The summed E-state index contributed by atoms with van der Waals surface area (Å²) >= 11 is 3.31. The van der Waals surface area contributed by atoms with Crippen LogP contribution >= 0.6 is 15.9 Å². The Hall–Kier alpha value is -0.0900. The summed E-state index contributed by atoms with van der Waals surface area (Å²) in [4.78, 5) is 13.1. The van der Waals surface area contributed by atoms with Crippen LogP contribution in [0.25, 0.3) is 0 Å². The van der Waals surface area contributed by atoms with E-state index in [0.29, 0.717) is 6.54 Å². The standard InChI is InChI=1S/C8H14BrNO2/c1-6(11)5-10-4-2-3-7(9)8(10)12/h6-7,11H,2-5H2,1H3. The van der Waals surface area contributed by atoms with Crippen LogP contribution in [0.15, 0.2) is 0 Å². The molecule has 1 aliphatic heterocycles. The lowest BCUT2D eigenvalue weighted by molar-refractivity contribution is -0.133. The van der Waals surface area contributed by atoms with Crippen LogP contribution in [0.1, 0.15) is 19.8 Å². The highest BCUT2D eigenvalue weighted by atomic mass is 79.9. The van der Waals surface area contributed by atoms with Crippen LogP contribution in [0.3, 0.4) is 0 Å². The molecule has 2 atom stereocenters. The SMILES string of the molecule is CC(O)CN1CCCC(Br)C1=O. The van der Waals surface area contributed by atoms with Crippen molar-refractivity contribution >= 4 is 21.8 Å². The molecule has 1 N–H and O–H groups in total. The van der Waals surface area contributed by atoms with Gasteiger partial charge in [0, 0.05) is 13.1 Å². The first-order chi connectivity index (χ1) is 5.61. The van der Waals surface area contributed by atoms with Crippen molar-refractivity contribution in [1.82, 2.24) is 4.90 Å². The Bertz CT molecular complexity index is 172. The number of hydrogen-bond donors (Lipinski definition) is 1. The predicted octanol–water partition coefficient (Wildman–Crippen LogP) is 0.753. The maximum absolute atomic E-state index is 11.4. The highest BCUT2D eigenvalue weighted by Gasteiger charge is 2.26. The molecule has 0 aromatic carbocycles. The van der Waals surface area contributed by atoms with E-state index >= 15 is 0 Å². The van der Waals surface area contributed by atoms with Gasteiger partial charge in [-0.2, -0.15) is 0 Å². The first kappa shape index (κ1) is 9.99. The Kier molecular flexibility index (Phi) is 3.53. The number of likely N-dealkylation sites (tertiary alicyclic amines) is 1. The summed E-state index contributed by atoms with van der Waals surface area (Å²) in [6.45, 7) is 2.94. The minimum absolute atomic E-state index is 0.0370. The molecule has 0 spiro atoms. The van der Waals surface area contributed by atoms with Crippen molar-refractivity contribution in [2.24, 2.45) is 0 Å². The first-order valence-corrected chi connectivity index (χ1v) is 5.13. The second-order valence-electron chi connectivity index (χ2n) is 3.24. The van der Waals surface area contributed by atoms with Gasteiger partial charge in [0.15, 0.2) is 0 Å². The van der Waals surface area contributed by atoms with Gasteiger partial charge in [0.05, 0.1) is 10.9 Å². The molecule has 0 aromatic heterocycles. The lowest BCUT2D eigenvalue weighted by Gasteiger charge is -2.30. The molecule has 3 nitrogen and oxygen atoms in total. The van der Waals surface area contributed by atoms with Gasteiger partial charge in [-0.25, -0.2) is 0 Å². The molecule has 0 aliphatic carbocycles. The zero-order chi connectivity index (χ0) is 9.14. The normalized spacial score (nSPS) is 27.4. The van der Waals surface area contributed by atoms with Gasteiger partial charge >= 0.3 is 0 Å². The number of alkyl halides is 1. The van der Waals surface area contributed by atoms with Crippen molar-refractivity contribution in [1.29, 1.82) is 0 Å². The lowest BCUT2D eigenvalue weighted by atomic mass is 10.1. The first-order valence-electron chi connectivity index (χ1n) is 4.22. The van der Waals surface area contributed by atoms with Gasteiger partial charge in [0.25, 0.3) is 0 Å². The highest BCUT2D eigenvalue weighted by molar-refractivity contribution is 9.10. The molecule has 0 aromatic rings. The minimum Gasteiger partial charge on any atom is -0.392 e. The zero-order valence-electron chi connectivity index (χ0n) is 7.16. The van der Waals surface area contributed by atoms with E-state index in [9.17, 15) is 4.79 Å². The summed E-state index contributed by atoms with van der Waals surface area (Å²) in [5.41, 5.74) is 0. The molecule has 0 bridgehead atoms. The van der Waals surface area contributed by atoms with Crippen LogP contribution in [-0.4, -0.2) is 39.9 Å². The van der Waals surface area contributed by atoms with E-state index < -0.39 is 6.10 Å². The van der Waals surface area contributed by atoms with Gasteiger partial charge in [-0.15, -0.1) is 0 Å². The van der Waals surface area contributed by atoms with E-state index in [1.807, 2.05) is 0 Å². The number of aliphatic hydroxyl groups is 1. The summed E-state index contributed by atoms with van der Waals surface area (Å²) in [6.07, 6.45) is 1.51. The largest absolute Gasteiger partial charge is 0.392 e. The molecule has 1 amide bonds. The molecule has 1 heterocycles. The Morgan fingerprint density at radius 3 is 3.08 bits per heavy atom. The molecule has 0 saturated carbocycles. The number of hydrogen-bond acceptors (Lipinski definition) is 2. The Balaban J connectivity index is 2.46. The van der Waals surface area contributed by atoms with Crippen LogP contribution in [0, 0.1) is 0 Å². The maximum atomic E-state index is 11.4. The van der Waals surface area contributed by atoms with Crippen molar-refractivity contribution in [3.8, 4) is 0 Å². The number of halogens is 1. The summed E-state index contributed by atoms with van der Waals surface area (Å²) in [6, 6.07) is 0. The number of amides is 1. The number of piperidine rings is 1. The average molecular weight is 236 g/mol. The quantitative estimate of drug-likeness (QED) is 0.719. The Morgan fingerprint density at radius 2 is 2.50 bits per heavy atom. The summed E-state index contributed by atoms with van der Waals surface area (Å²) in [5.74, 6) is 0.113. The number of nitrogens with zero attached hydrogens (tertiary/aromatic N) is 1. The monoisotopic (exact) mass is 235 g/mol. The van der Waals surface area contributed by atoms with Crippen molar-refractivity contribution in [2.75, 3.05) is 13.1 Å². The van der Waals surface area contributed by atoms with Gasteiger partial charge in [-0.1, -0.05) is 15.9 Å². The third-order valence-electron chi connectivity index (χ3n) is 1.95. The van der Waals surface area contributed by atoms with Crippen molar-refractivity contribution < 1.29 is 9.90 Å². The zero-order valence-corrected chi connectivity index (χ0v) is 8.75. The van der Waals surface area contributed by atoms with E-state index in [1.54, 1.807) is 11.8 Å². The fourth-order valence-corrected chi connectivity index (χ4v) is 2.01. The smallest absolute Gasteiger partial charge is 0.236 e.